The van der Waals surface area contributed by atoms with E-state index in [1.807, 2.05) is 0 Å². The van der Waals surface area contributed by atoms with Gasteiger partial charge in [0.2, 0.25) is 5.91 Å². The molecule has 0 saturated heterocycles. The Hall–Kier alpha value is -1.82. The van der Waals surface area contributed by atoms with Crippen molar-refractivity contribution >= 4 is 23.6 Å². The maximum Gasteiger partial charge on any atom is 0.407 e. The molecule has 0 spiro atoms. The van der Waals surface area contributed by atoms with Gasteiger partial charge in [0.15, 0.2) is 0 Å². The third-order valence-corrected chi connectivity index (χ3v) is 2.98. The molecule has 2 amide bonds. The van der Waals surface area contributed by atoms with Crippen LogP contribution in [0.2, 0.25) is 5.02 Å². The highest BCUT2D eigenvalue weighted by Gasteiger charge is 2.19. The van der Waals surface area contributed by atoms with Crippen molar-refractivity contribution < 1.29 is 19.1 Å². The molecule has 0 aromatic heterocycles. The van der Waals surface area contributed by atoms with E-state index in [0.29, 0.717) is 0 Å². The molecule has 0 bridgehead atoms. The predicted octanol–water partition coefficient (Wildman–Crippen LogP) is 2.48. The molecule has 110 valence electrons. The fourth-order valence-electron chi connectivity index (χ4n) is 1.56. The highest BCUT2D eigenvalue weighted by atomic mass is 35.5. The number of benzene rings is 1. The van der Waals surface area contributed by atoms with Gasteiger partial charge < -0.3 is 10.4 Å². The summed E-state index contributed by atoms with van der Waals surface area (Å²) < 4.78 is 13.6. The highest BCUT2D eigenvalue weighted by molar-refractivity contribution is 6.30. The quantitative estimate of drug-likeness (QED) is 0.878. The zero-order chi connectivity index (χ0) is 15.3. The van der Waals surface area contributed by atoms with Gasteiger partial charge in [-0.1, -0.05) is 23.7 Å². The Morgan fingerprint density at radius 3 is 2.65 bits per heavy atom. The number of amides is 2. The van der Waals surface area contributed by atoms with Gasteiger partial charge in [-0.25, -0.2) is 9.18 Å². The van der Waals surface area contributed by atoms with Gasteiger partial charge in [-0.2, -0.15) is 0 Å². The van der Waals surface area contributed by atoms with Gasteiger partial charge in [0, 0.05) is 18.2 Å². The van der Waals surface area contributed by atoms with E-state index in [1.165, 1.54) is 12.1 Å². The van der Waals surface area contributed by atoms with Crippen LogP contribution < -0.4 is 5.32 Å². The molecular formula is C13H16ClFN2O3. The van der Waals surface area contributed by atoms with E-state index in [9.17, 15) is 14.0 Å². The molecule has 1 aromatic rings. The number of nitrogens with zero attached hydrogens (tertiary/aromatic N) is 1. The van der Waals surface area contributed by atoms with E-state index in [1.54, 1.807) is 19.9 Å². The summed E-state index contributed by atoms with van der Waals surface area (Å²) in [7, 11) is 0. The summed E-state index contributed by atoms with van der Waals surface area (Å²) in [6, 6.07) is 4.16. The highest BCUT2D eigenvalue weighted by Crippen LogP contribution is 2.17. The lowest BCUT2D eigenvalue weighted by atomic mass is 10.2. The fourth-order valence-corrected chi connectivity index (χ4v) is 1.75. The summed E-state index contributed by atoms with van der Waals surface area (Å²) in [4.78, 5) is 23.6. The Bertz CT molecular complexity index is 508. The first-order valence-corrected chi connectivity index (χ1v) is 6.40. The minimum atomic E-state index is -1.18. The second kappa shape index (κ2) is 7.09. The van der Waals surface area contributed by atoms with Crippen molar-refractivity contribution in [3.63, 3.8) is 0 Å². The average molecular weight is 303 g/mol. The third-order valence-electron chi connectivity index (χ3n) is 2.69. The fraction of sp³-hybridized carbons (Fsp3) is 0.385. The first kappa shape index (κ1) is 16.2. The standard InChI is InChI=1S/C13H16ClFN2O3/c1-8(2)17(13(19)20)7-11(18)16-6-9-4-3-5-10(14)12(9)15/h3-5,8H,6-7H2,1-2H3,(H,16,18)(H,19,20). The number of hydrogen-bond acceptors (Lipinski definition) is 2. The summed E-state index contributed by atoms with van der Waals surface area (Å²) >= 11 is 5.62. The Morgan fingerprint density at radius 2 is 2.10 bits per heavy atom. The van der Waals surface area contributed by atoms with E-state index in [-0.39, 0.29) is 29.7 Å². The largest absolute Gasteiger partial charge is 0.465 e. The molecule has 0 aliphatic rings. The predicted molar refractivity (Wildman–Crippen MR) is 73.1 cm³/mol. The first-order valence-electron chi connectivity index (χ1n) is 6.02. The van der Waals surface area contributed by atoms with Crippen LogP contribution in [0.25, 0.3) is 0 Å². The summed E-state index contributed by atoms with van der Waals surface area (Å²) in [5, 5.41) is 11.4. The summed E-state index contributed by atoms with van der Waals surface area (Å²) in [5.41, 5.74) is 0.247. The van der Waals surface area contributed by atoms with E-state index >= 15 is 0 Å². The van der Waals surface area contributed by atoms with Crippen LogP contribution >= 0.6 is 11.6 Å². The normalized spacial score (nSPS) is 10.4. The number of carbonyl (C=O) groups is 2. The molecule has 0 fully saturated rings. The van der Waals surface area contributed by atoms with Gasteiger partial charge in [0.25, 0.3) is 0 Å². The van der Waals surface area contributed by atoms with E-state index in [0.717, 1.165) is 4.90 Å². The lowest BCUT2D eigenvalue weighted by Gasteiger charge is -2.22. The monoisotopic (exact) mass is 302 g/mol. The van der Waals surface area contributed by atoms with Gasteiger partial charge >= 0.3 is 6.09 Å². The SMILES string of the molecule is CC(C)N(CC(=O)NCc1cccc(Cl)c1F)C(=O)O. The molecule has 0 heterocycles. The maximum absolute atomic E-state index is 13.6. The lowest BCUT2D eigenvalue weighted by Crippen LogP contribution is -2.43. The van der Waals surface area contributed by atoms with Crippen molar-refractivity contribution in [1.29, 1.82) is 0 Å². The molecule has 0 saturated carbocycles. The number of rotatable bonds is 5. The summed E-state index contributed by atoms with van der Waals surface area (Å²) in [6.45, 7) is 2.99. The number of carboxylic acid groups (broad SMARTS) is 1. The van der Waals surface area contributed by atoms with Crippen LogP contribution in [0.4, 0.5) is 9.18 Å². The Labute approximate surface area is 121 Å². The van der Waals surface area contributed by atoms with Crippen LogP contribution in [0.15, 0.2) is 18.2 Å². The average Bonchev–Trinajstić information content (AvgIpc) is 2.37. The van der Waals surface area contributed by atoms with Crippen molar-refractivity contribution in [2.24, 2.45) is 0 Å². The second-order valence-corrected chi connectivity index (χ2v) is 4.90. The minimum absolute atomic E-state index is 0.0221. The van der Waals surface area contributed by atoms with Crippen molar-refractivity contribution in [3.05, 3.63) is 34.6 Å². The molecule has 0 aliphatic carbocycles. The molecule has 20 heavy (non-hydrogen) atoms. The molecule has 1 rings (SSSR count). The van der Waals surface area contributed by atoms with E-state index in [4.69, 9.17) is 16.7 Å². The molecule has 2 N–H and O–H groups in total. The van der Waals surface area contributed by atoms with Crippen LogP contribution in [0.1, 0.15) is 19.4 Å². The molecule has 5 nitrogen and oxygen atoms in total. The first-order chi connectivity index (χ1) is 9.32. The van der Waals surface area contributed by atoms with Crippen LogP contribution in [-0.4, -0.2) is 34.6 Å². The number of halogens is 2. The number of hydrogen-bond donors (Lipinski definition) is 2. The van der Waals surface area contributed by atoms with Crippen molar-refractivity contribution in [2.45, 2.75) is 26.4 Å². The summed E-state index contributed by atoms with van der Waals surface area (Å²) in [5.74, 6) is -1.09. The van der Waals surface area contributed by atoms with Gasteiger partial charge in [-0.3, -0.25) is 9.69 Å². The molecule has 1 aromatic carbocycles. The van der Waals surface area contributed by atoms with Crippen molar-refractivity contribution in [2.75, 3.05) is 6.54 Å². The smallest absolute Gasteiger partial charge is 0.407 e. The second-order valence-electron chi connectivity index (χ2n) is 4.49. The van der Waals surface area contributed by atoms with Crippen LogP contribution in [0.3, 0.4) is 0 Å². The molecule has 0 atom stereocenters. The van der Waals surface area contributed by atoms with E-state index in [2.05, 4.69) is 5.32 Å². The van der Waals surface area contributed by atoms with Gasteiger partial charge in [0.1, 0.15) is 12.4 Å². The molecule has 0 aliphatic heterocycles. The molecular weight excluding hydrogens is 287 g/mol. The van der Waals surface area contributed by atoms with Crippen LogP contribution in [-0.2, 0) is 11.3 Å². The lowest BCUT2D eigenvalue weighted by molar-refractivity contribution is -0.122. The van der Waals surface area contributed by atoms with Gasteiger partial charge in [-0.15, -0.1) is 0 Å². The zero-order valence-electron chi connectivity index (χ0n) is 11.2. The Balaban J connectivity index is 2.59. The molecule has 7 heteroatoms. The van der Waals surface area contributed by atoms with Gasteiger partial charge in [-0.05, 0) is 19.9 Å². The minimum Gasteiger partial charge on any atom is -0.465 e. The Morgan fingerprint density at radius 1 is 1.45 bits per heavy atom. The van der Waals surface area contributed by atoms with Crippen molar-refractivity contribution in [1.82, 2.24) is 10.2 Å². The van der Waals surface area contributed by atoms with E-state index < -0.39 is 17.8 Å². The topological polar surface area (TPSA) is 69.6 Å². The van der Waals surface area contributed by atoms with Gasteiger partial charge in [0.05, 0.1) is 5.02 Å². The van der Waals surface area contributed by atoms with Crippen LogP contribution in [0, 0.1) is 5.82 Å². The summed E-state index contributed by atoms with van der Waals surface area (Å²) in [6.07, 6.45) is -1.18. The Kier molecular flexibility index (Phi) is 5.76. The zero-order valence-corrected chi connectivity index (χ0v) is 11.9. The third kappa shape index (κ3) is 4.38. The molecule has 0 unspecified atom stereocenters. The van der Waals surface area contributed by atoms with Crippen molar-refractivity contribution in [3.8, 4) is 0 Å². The number of nitrogens with one attached hydrogen (secondary N) is 1. The van der Waals surface area contributed by atoms with Crippen LogP contribution in [0.5, 0.6) is 0 Å². The molecule has 0 radical (unpaired) electrons. The number of carbonyl (C=O) groups excluding carboxylic acids is 1. The maximum atomic E-state index is 13.6.